The van der Waals surface area contributed by atoms with Crippen LogP contribution in [0.1, 0.15) is 26.5 Å². The Morgan fingerprint density at radius 2 is 1.80 bits per heavy atom. The van der Waals surface area contributed by atoms with E-state index in [9.17, 15) is 18.0 Å². The van der Waals surface area contributed by atoms with Gasteiger partial charge in [-0.2, -0.15) is 0 Å². The van der Waals surface area contributed by atoms with E-state index in [0.29, 0.717) is 42.5 Å². The molecule has 1 fully saturated rings. The fourth-order valence-corrected chi connectivity index (χ4v) is 5.28. The predicted molar refractivity (Wildman–Crippen MR) is 132 cm³/mol. The molecule has 0 aliphatic carbocycles. The number of thioether (sulfide) groups is 1. The van der Waals surface area contributed by atoms with Gasteiger partial charge in [-0.1, -0.05) is 12.1 Å². The van der Waals surface area contributed by atoms with Gasteiger partial charge in [0.15, 0.2) is 0 Å². The number of ether oxygens (including phenoxy) is 1. The number of furan rings is 1. The van der Waals surface area contributed by atoms with E-state index in [1.807, 2.05) is 6.26 Å². The Labute approximate surface area is 207 Å². The van der Waals surface area contributed by atoms with Crippen molar-refractivity contribution in [3.05, 3.63) is 77.7 Å². The molecule has 3 aromatic rings. The van der Waals surface area contributed by atoms with Crippen LogP contribution < -0.4 is 10.0 Å². The lowest BCUT2D eigenvalue weighted by molar-refractivity contribution is 0.0300. The van der Waals surface area contributed by atoms with Crippen molar-refractivity contribution in [1.29, 1.82) is 0 Å². The van der Waals surface area contributed by atoms with Crippen molar-refractivity contribution >= 4 is 39.3 Å². The highest BCUT2D eigenvalue weighted by Gasteiger charge is 2.25. The maximum Gasteiger partial charge on any atom is 0.261 e. The summed E-state index contributed by atoms with van der Waals surface area (Å²) < 4.78 is 39.5. The predicted octanol–water partition coefficient (Wildman–Crippen LogP) is 3.20. The van der Waals surface area contributed by atoms with Crippen molar-refractivity contribution in [1.82, 2.24) is 10.2 Å². The first-order valence-corrected chi connectivity index (χ1v) is 13.6. The molecular weight excluding hydrogens is 490 g/mol. The third-order valence-electron chi connectivity index (χ3n) is 5.43. The molecule has 0 unspecified atom stereocenters. The van der Waals surface area contributed by atoms with E-state index in [1.165, 1.54) is 42.3 Å². The van der Waals surface area contributed by atoms with E-state index in [1.54, 1.807) is 35.2 Å². The molecule has 2 amide bonds. The van der Waals surface area contributed by atoms with Gasteiger partial charge in [-0.15, -0.1) is 11.8 Å². The van der Waals surface area contributed by atoms with Crippen LogP contribution in [-0.2, 0) is 21.3 Å². The molecule has 4 rings (SSSR count). The second-order valence-electron chi connectivity index (χ2n) is 7.68. The average Bonchev–Trinajstić information content (AvgIpc) is 3.41. The maximum absolute atomic E-state index is 13.3. The number of nitrogens with zero attached hydrogens (tertiary/aromatic N) is 1. The van der Waals surface area contributed by atoms with Crippen LogP contribution in [0.3, 0.4) is 0 Å². The normalized spacial score (nSPS) is 13.9. The van der Waals surface area contributed by atoms with Gasteiger partial charge in [0, 0.05) is 18.0 Å². The zero-order valence-electron chi connectivity index (χ0n) is 19.0. The number of nitrogens with one attached hydrogen (secondary N) is 2. The fraction of sp³-hybridized carbons (Fsp3) is 0.250. The summed E-state index contributed by atoms with van der Waals surface area (Å²) in [6.07, 6.45) is 3.33. The number of morpholine rings is 1. The monoisotopic (exact) mass is 515 g/mol. The molecule has 2 heterocycles. The van der Waals surface area contributed by atoms with Gasteiger partial charge in [0.2, 0.25) is 0 Å². The van der Waals surface area contributed by atoms with Gasteiger partial charge in [0.25, 0.3) is 21.8 Å². The van der Waals surface area contributed by atoms with Gasteiger partial charge in [-0.05, 0) is 48.7 Å². The zero-order valence-corrected chi connectivity index (χ0v) is 20.7. The second kappa shape index (κ2) is 11.0. The van der Waals surface area contributed by atoms with Gasteiger partial charge in [0.05, 0.1) is 47.7 Å². The topological polar surface area (TPSA) is 118 Å². The largest absolute Gasteiger partial charge is 0.467 e. The summed E-state index contributed by atoms with van der Waals surface area (Å²) in [5.74, 6) is -0.129. The highest BCUT2D eigenvalue weighted by molar-refractivity contribution is 7.98. The molecule has 9 nitrogen and oxygen atoms in total. The summed E-state index contributed by atoms with van der Waals surface area (Å²) in [4.78, 5) is 28.1. The minimum atomic E-state index is -4.09. The van der Waals surface area contributed by atoms with Crippen LogP contribution in [0.15, 0.2) is 75.1 Å². The number of hydrogen-bond acceptors (Lipinski definition) is 7. The quantitative estimate of drug-likeness (QED) is 0.442. The summed E-state index contributed by atoms with van der Waals surface area (Å²) in [6, 6.07) is 14.2. The molecule has 2 N–H and O–H groups in total. The average molecular weight is 516 g/mol. The molecule has 1 aromatic heterocycles. The number of hydrogen-bond donors (Lipinski definition) is 2. The van der Waals surface area contributed by atoms with Crippen molar-refractivity contribution < 1.29 is 27.2 Å². The van der Waals surface area contributed by atoms with E-state index in [0.717, 1.165) is 0 Å². The van der Waals surface area contributed by atoms with Gasteiger partial charge < -0.3 is 19.4 Å². The number of rotatable bonds is 8. The van der Waals surface area contributed by atoms with Crippen molar-refractivity contribution in [2.24, 2.45) is 0 Å². The highest BCUT2D eigenvalue weighted by Crippen LogP contribution is 2.27. The minimum Gasteiger partial charge on any atom is -0.467 e. The van der Waals surface area contributed by atoms with Crippen LogP contribution in [0.25, 0.3) is 0 Å². The van der Waals surface area contributed by atoms with E-state index in [-0.39, 0.29) is 28.6 Å². The third-order valence-corrected chi connectivity index (χ3v) is 7.59. The third kappa shape index (κ3) is 5.87. The molecule has 0 saturated carbocycles. The minimum absolute atomic E-state index is 0.0716. The van der Waals surface area contributed by atoms with E-state index in [4.69, 9.17) is 9.15 Å². The van der Waals surface area contributed by atoms with Crippen molar-refractivity contribution in [3.63, 3.8) is 0 Å². The first-order chi connectivity index (χ1) is 16.9. The Bertz CT molecular complexity index is 1300. The lowest BCUT2D eigenvalue weighted by atomic mass is 10.1. The maximum atomic E-state index is 13.3. The van der Waals surface area contributed by atoms with Crippen LogP contribution in [-0.4, -0.2) is 57.7 Å². The first kappa shape index (κ1) is 24.8. The van der Waals surface area contributed by atoms with Crippen molar-refractivity contribution in [3.8, 4) is 0 Å². The number of anilines is 1. The number of para-hydroxylation sites is 1. The molecule has 35 heavy (non-hydrogen) atoms. The lowest BCUT2D eigenvalue weighted by Crippen LogP contribution is -2.41. The van der Waals surface area contributed by atoms with E-state index in [2.05, 4.69) is 10.0 Å². The highest BCUT2D eigenvalue weighted by atomic mass is 32.2. The summed E-state index contributed by atoms with van der Waals surface area (Å²) in [5.41, 5.74) is 0.596. The molecule has 1 aliphatic rings. The van der Waals surface area contributed by atoms with Gasteiger partial charge >= 0.3 is 0 Å². The Hall–Kier alpha value is -3.28. The lowest BCUT2D eigenvalue weighted by Gasteiger charge is -2.27. The number of benzene rings is 2. The molecule has 0 bridgehead atoms. The molecule has 0 atom stereocenters. The zero-order chi connectivity index (χ0) is 24.8. The summed E-state index contributed by atoms with van der Waals surface area (Å²) in [5, 5.41) is 2.71. The Kier molecular flexibility index (Phi) is 7.79. The fourth-order valence-electron chi connectivity index (χ4n) is 3.61. The van der Waals surface area contributed by atoms with Crippen LogP contribution in [0.2, 0.25) is 0 Å². The van der Waals surface area contributed by atoms with Gasteiger partial charge in [-0.25, -0.2) is 8.42 Å². The summed E-state index contributed by atoms with van der Waals surface area (Å²) in [7, 11) is -4.09. The molecule has 0 radical (unpaired) electrons. The second-order valence-corrected chi connectivity index (χ2v) is 10.2. The Morgan fingerprint density at radius 3 is 2.51 bits per heavy atom. The molecular formula is C24H25N3O6S2. The molecule has 1 aliphatic heterocycles. The number of sulfonamides is 1. The SMILES string of the molecule is CSc1ccc(S(=O)(=O)Nc2ccccc2C(=O)NCc2ccco2)cc1C(=O)N1CCOCC1. The smallest absolute Gasteiger partial charge is 0.261 e. The Balaban J connectivity index is 1.57. The van der Waals surface area contributed by atoms with Crippen LogP contribution in [0.4, 0.5) is 5.69 Å². The van der Waals surface area contributed by atoms with Crippen LogP contribution >= 0.6 is 11.8 Å². The summed E-state index contributed by atoms with van der Waals surface area (Å²) >= 11 is 1.37. The van der Waals surface area contributed by atoms with E-state index < -0.39 is 15.9 Å². The molecule has 1 saturated heterocycles. The van der Waals surface area contributed by atoms with Crippen LogP contribution in [0.5, 0.6) is 0 Å². The molecule has 0 spiro atoms. The van der Waals surface area contributed by atoms with Gasteiger partial charge in [-0.3, -0.25) is 14.3 Å². The number of carbonyl (C=O) groups excluding carboxylic acids is 2. The molecule has 184 valence electrons. The van der Waals surface area contributed by atoms with Crippen LogP contribution in [0, 0.1) is 0 Å². The van der Waals surface area contributed by atoms with Crippen molar-refractivity contribution in [2.45, 2.75) is 16.3 Å². The molecule has 11 heteroatoms. The standard InChI is InChI=1S/C24H25N3O6S2/c1-34-22-9-8-18(15-20(22)24(29)27-10-13-32-14-11-27)35(30,31)26-21-7-3-2-6-19(21)23(28)25-16-17-5-4-12-33-17/h2-9,12,15,26H,10-11,13-14,16H2,1H3,(H,25,28). The Morgan fingerprint density at radius 1 is 1.03 bits per heavy atom. The molecule has 2 aromatic carbocycles. The number of amides is 2. The summed E-state index contributed by atoms with van der Waals surface area (Å²) in [6.45, 7) is 1.94. The first-order valence-electron chi connectivity index (χ1n) is 10.9. The van der Waals surface area contributed by atoms with E-state index >= 15 is 0 Å². The number of carbonyl (C=O) groups is 2. The van der Waals surface area contributed by atoms with Gasteiger partial charge in [0.1, 0.15) is 5.76 Å². The van der Waals surface area contributed by atoms with Crippen molar-refractivity contribution in [2.75, 3.05) is 37.3 Å².